The molecule has 1 aromatic rings. The number of amides is 2. The van der Waals surface area contributed by atoms with E-state index in [1.807, 2.05) is 30.3 Å². The summed E-state index contributed by atoms with van der Waals surface area (Å²) in [5, 5.41) is 0. The van der Waals surface area contributed by atoms with Crippen molar-refractivity contribution in [2.75, 3.05) is 19.7 Å². The van der Waals surface area contributed by atoms with E-state index in [1.165, 1.54) is 25.7 Å². The maximum Gasteiger partial charge on any atom is 0.256 e. The molecule has 0 spiro atoms. The van der Waals surface area contributed by atoms with Gasteiger partial charge in [0, 0.05) is 13.1 Å². The first-order chi connectivity index (χ1) is 12.1. The molecule has 2 fully saturated rings. The van der Waals surface area contributed by atoms with E-state index < -0.39 is 6.10 Å². The third-order valence-corrected chi connectivity index (χ3v) is 5.44. The van der Waals surface area contributed by atoms with E-state index in [2.05, 4.69) is 0 Å². The van der Waals surface area contributed by atoms with Gasteiger partial charge in [-0.1, -0.05) is 43.2 Å². The smallest absolute Gasteiger partial charge is 0.256 e. The lowest BCUT2D eigenvalue weighted by Gasteiger charge is -2.34. The average molecular weight is 344 g/mol. The molecule has 1 aromatic carbocycles. The van der Waals surface area contributed by atoms with Crippen molar-refractivity contribution < 1.29 is 14.3 Å². The predicted octanol–water partition coefficient (Wildman–Crippen LogP) is 2.66. The van der Waals surface area contributed by atoms with Gasteiger partial charge in [0.1, 0.15) is 0 Å². The van der Waals surface area contributed by atoms with E-state index in [4.69, 9.17) is 10.5 Å². The minimum absolute atomic E-state index is 0.0462. The first-order valence-electron chi connectivity index (χ1n) is 9.40. The van der Waals surface area contributed by atoms with Crippen molar-refractivity contribution in [2.45, 2.75) is 44.6 Å². The lowest BCUT2D eigenvalue weighted by Crippen LogP contribution is -2.46. The zero-order chi connectivity index (χ0) is 17.6. The zero-order valence-corrected chi connectivity index (χ0v) is 14.7. The molecular weight excluding hydrogens is 316 g/mol. The van der Waals surface area contributed by atoms with E-state index in [-0.39, 0.29) is 17.7 Å². The molecule has 1 saturated carbocycles. The Morgan fingerprint density at radius 1 is 1.12 bits per heavy atom. The Bertz CT molecular complexity index is 584. The fourth-order valence-corrected chi connectivity index (χ4v) is 3.92. The van der Waals surface area contributed by atoms with Gasteiger partial charge in [0.2, 0.25) is 5.91 Å². The molecule has 136 valence electrons. The Morgan fingerprint density at radius 3 is 2.52 bits per heavy atom. The Labute approximate surface area is 149 Å². The van der Waals surface area contributed by atoms with Gasteiger partial charge in [-0.3, -0.25) is 9.59 Å². The van der Waals surface area contributed by atoms with Crippen LogP contribution in [-0.2, 0) is 14.3 Å². The molecule has 0 aromatic heterocycles. The number of nitrogens with zero attached hydrogens (tertiary/aromatic N) is 1. The zero-order valence-electron chi connectivity index (χ0n) is 14.7. The number of primary amides is 1. The number of benzene rings is 1. The van der Waals surface area contributed by atoms with Gasteiger partial charge in [-0.25, -0.2) is 0 Å². The second-order valence-electron chi connectivity index (χ2n) is 7.30. The fraction of sp³-hybridized carbons (Fsp3) is 0.600. The first kappa shape index (κ1) is 17.9. The highest BCUT2D eigenvalue weighted by Crippen LogP contribution is 2.29. The van der Waals surface area contributed by atoms with Gasteiger partial charge in [-0.15, -0.1) is 0 Å². The van der Waals surface area contributed by atoms with E-state index in [0.29, 0.717) is 25.6 Å². The molecule has 0 unspecified atom stereocenters. The van der Waals surface area contributed by atoms with Crippen molar-refractivity contribution in [3.63, 3.8) is 0 Å². The van der Waals surface area contributed by atoms with Crippen LogP contribution in [-0.4, -0.2) is 36.4 Å². The monoisotopic (exact) mass is 344 g/mol. The largest absolute Gasteiger partial charge is 0.369 e. The molecule has 0 radical (unpaired) electrons. The lowest BCUT2D eigenvalue weighted by molar-refractivity contribution is -0.147. The summed E-state index contributed by atoms with van der Waals surface area (Å²) >= 11 is 0. The molecule has 5 heteroatoms. The van der Waals surface area contributed by atoms with Crippen LogP contribution < -0.4 is 5.73 Å². The maximum atomic E-state index is 13.1. The van der Waals surface area contributed by atoms with Gasteiger partial charge < -0.3 is 15.4 Å². The molecule has 1 aliphatic heterocycles. The number of likely N-dealkylation sites (tertiary alicyclic amines) is 1. The van der Waals surface area contributed by atoms with Gasteiger partial charge in [-0.2, -0.15) is 0 Å². The minimum atomic E-state index is -0.589. The summed E-state index contributed by atoms with van der Waals surface area (Å²) in [6.45, 7) is 1.70. The van der Waals surface area contributed by atoms with E-state index in [9.17, 15) is 9.59 Å². The molecule has 2 N–H and O–H groups in total. The molecule has 3 rings (SSSR count). The summed E-state index contributed by atoms with van der Waals surface area (Å²) in [6.07, 6.45) is 5.86. The molecule has 1 heterocycles. The molecular formula is C20H28N2O3. The summed E-state index contributed by atoms with van der Waals surface area (Å²) in [4.78, 5) is 26.4. The van der Waals surface area contributed by atoms with E-state index in [1.54, 1.807) is 4.90 Å². The molecule has 2 aliphatic rings. The number of hydrogen-bond donors (Lipinski definition) is 1. The standard InChI is InChI=1S/C20H28N2O3/c21-19(23)17-11-6-12-22(13-17)20(24)18(16-9-2-1-3-10-16)25-14-15-7-4-5-8-15/h1-3,9-10,15,17-18H,4-8,11-14H2,(H2,21,23)/t17-,18+/m0/s1. The summed E-state index contributed by atoms with van der Waals surface area (Å²) in [5.74, 6) is -0.0570. The third kappa shape index (κ3) is 4.60. The van der Waals surface area contributed by atoms with Gasteiger partial charge in [0.25, 0.3) is 5.91 Å². The van der Waals surface area contributed by atoms with Crippen LogP contribution in [0.1, 0.15) is 50.2 Å². The maximum absolute atomic E-state index is 13.1. The SMILES string of the molecule is NC(=O)[C@H]1CCCN(C(=O)[C@H](OCC2CCCC2)c2ccccc2)C1. The summed E-state index contributed by atoms with van der Waals surface area (Å²) in [6, 6.07) is 9.67. The molecule has 25 heavy (non-hydrogen) atoms. The van der Waals surface area contributed by atoms with Gasteiger partial charge >= 0.3 is 0 Å². The third-order valence-electron chi connectivity index (χ3n) is 5.44. The lowest BCUT2D eigenvalue weighted by atomic mass is 9.96. The Kier molecular flexibility index (Phi) is 6.08. The Balaban J connectivity index is 1.71. The average Bonchev–Trinajstić information content (AvgIpc) is 3.16. The van der Waals surface area contributed by atoms with Crippen molar-refractivity contribution in [3.05, 3.63) is 35.9 Å². The summed E-state index contributed by atoms with van der Waals surface area (Å²) < 4.78 is 6.12. The second kappa shape index (κ2) is 8.48. The normalized spacial score (nSPS) is 22.7. The van der Waals surface area contributed by atoms with Gasteiger partial charge in [0.05, 0.1) is 12.5 Å². The number of hydrogen-bond acceptors (Lipinski definition) is 3. The first-order valence-corrected chi connectivity index (χ1v) is 9.40. The van der Waals surface area contributed by atoms with Crippen LogP contribution in [0.4, 0.5) is 0 Å². The fourth-order valence-electron chi connectivity index (χ4n) is 3.92. The van der Waals surface area contributed by atoms with Gasteiger partial charge in [0.15, 0.2) is 6.10 Å². The van der Waals surface area contributed by atoms with Crippen molar-refractivity contribution >= 4 is 11.8 Å². The Morgan fingerprint density at radius 2 is 1.84 bits per heavy atom. The minimum Gasteiger partial charge on any atom is -0.369 e. The Hall–Kier alpha value is -1.88. The number of carbonyl (C=O) groups excluding carboxylic acids is 2. The topological polar surface area (TPSA) is 72.6 Å². The van der Waals surface area contributed by atoms with Crippen LogP contribution in [0.5, 0.6) is 0 Å². The number of piperidine rings is 1. The van der Waals surface area contributed by atoms with E-state index >= 15 is 0 Å². The number of rotatable bonds is 6. The van der Waals surface area contributed by atoms with Crippen LogP contribution in [0.25, 0.3) is 0 Å². The van der Waals surface area contributed by atoms with Crippen LogP contribution in [0.2, 0.25) is 0 Å². The van der Waals surface area contributed by atoms with Crippen molar-refractivity contribution in [3.8, 4) is 0 Å². The van der Waals surface area contributed by atoms with Crippen molar-refractivity contribution in [1.29, 1.82) is 0 Å². The molecule has 5 nitrogen and oxygen atoms in total. The van der Waals surface area contributed by atoms with Crippen LogP contribution in [0.15, 0.2) is 30.3 Å². The number of nitrogens with two attached hydrogens (primary N) is 1. The van der Waals surface area contributed by atoms with Crippen molar-refractivity contribution in [1.82, 2.24) is 4.90 Å². The highest BCUT2D eigenvalue weighted by molar-refractivity contribution is 5.84. The predicted molar refractivity (Wildman–Crippen MR) is 95.6 cm³/mol. The number of ether oxygens (including phenoxy) is 1. The van der Waals surface area contributed by atoms with E-state index in [0.717, 1.165) is 18.4 Å². The molecule has 0 bridgehead atoms. The number of carbonyl (C=O) groups is 2. The quantitative estimate of drug-likeness (QED) is 0.862. The highest BCUT2D eigenvalue weighted by atomic mass is 16.5. The molecule has 2 atom stereocenters. The molecule has 1 saturated heterocycles. The summed E-state index contributed by atoms with van der Waals surface area (Å²) in [7, 11) is 0. The van der Waals surface area contributed by atoms with Gasteiger partial charge in [-0.05, 0) is 37.2 Å². The second-order valence-corrected chi connectivity index (χ2v) is 7.30. The van der Waals surface area contributed by atoms with Crippen LogP contribution in [0, 0.1) is 11.8 Å². The highest BCUT2D eigenvalue weighted by Gasteiger charge is 2.32. The molecule has 2 amide bonds. The van der Waals surface area contributed by atoms with Crippen LogP contribution in [0.3, 0.4) is 0 Å². The molecule has 1 aliphatic carbocycles. The summed E-state index contributed by atoms with van der Waals surface area (Å²) in [5.41, 5.74) is 6.33. The van der Waals surface area contributed by atoms with Crippen LogP contribution >= 0.6 is 0 Å². The van der Waals surface area contributed by atoms with Crippen molar-refractivity contribution in [2.24, 2.45) is 17.6 Å².